The first-order valence-electron chi connectivity index (χ1n) is 6.53. The number of nitrogens with zero attached hydrogens (tertiary/aromatic N) is 3. The van der Waals surface area contributed by atoms with E-state index < -0.39 is 12.0 Å². The van der Waals surface area contributed by atoms with Crippen molar-refractivity contribution in [3.63, 3.8) is 0 Å². The van der Waals surface area contributed by atoms with Crippen LogP contribution in [0.5, 0.6) is 0 Å². The zero-order valence-corrected chi connectivity index (χ0v) is 11.4. The predicted molar refractivity (Wildman–Crippen MR) is 75.3 cm³/mol. The van der Waals surface area contributed by atoms with Crippen LogP contribution in [0.1, 0.15) is 23.2 Å². The smallest absolute Gasteiger partial charge is 0.358 e. The molecule has 0 radical (unpaired) electrons. The Morgan fingerprint density at radius 1 is 1.33 bits per heavy atom. The number of amides is 2. The highest BCUT2D eigenvalue weighted by Gasteiger charge is 2.27. The number of anilines is 1. The van der Waals surface area contributed by atoms with Crippen LogP contribution in [0.25, 0.3) is 5.69 Å². The van der Waals surface area contributed by atoms with Gasteiger partial charge >= 0.3 is 12.0 Å². The zero-order chi connectivity index (χ0) is 15.0. The minimum absolute atomic E-state index is 0.214. The molecule has 7 heteroatoms. The maximum absolute atomic E-state index is 11.8. The van der Waals surface area contributed by atoms with Crippen molar-refractivity contribution in [1.29, 1.82) is 0 Å². The van der Waals surface area contributed by atoms with Crippen LogP contribution in [0.3, 0.4) is 0 Å². The second-order valence-corrected chi connectivity index (χ2v) is 4.55. The number of esters is 1. The molecule has 1 aliphatic rings. The zero-order valence-electron chi connectivity index (χ0n) is 11.4. The van der Waals surface area contributed by atoms with Gasteiger partial charge in [0.15, 0.2) is 5.69 Å². The van der Waals surface area contributed by atoms with Crippen LogP contribution in [-0.2, 0) is 11.3 Å². The van der Waals surface area contributed by atoms with E-state index in [0.29, 0.717) is 11.5 Å². The summed E-state index contributed by atoms with van der Waals surface area (Å²) in [5.41, 5.74) is 7.06. The van der Waals surface area contributed by atoms with Gasteiger partial charge in [-0.1, -0.05) is 12.1 Å². The summed E-state index contributed by atoms with van der Waals surface area (Å²) in [5.74, 6) is 0.0815. The number of fused-ring (bicyclic) bond motifs is 3. The molecule has 21 heavy (non-hydrogen) atoms. The van der Waals surface area contributed by atoms with E-state index in [1.807, 2.05) is 18.2 Å². The second-order valence-electron chi connectivity index (χ2n) is 4.55. The summed E-state index contributed by atoms with van der Waals surface area (Å²) in [5, 5.41) is 0. The van der Waals surface area contributed by atoms with Gasteiger partial charge < -0.3 is 10.5 Å². The summed E-state index contributed by atoms with van der Waals surface area (Å²) in [7, 11) is 0. The molecule has 0 fully saturated rings. The second kappa shape index (κ2) is 4.93. The number of ether oxygens (including phenoxy) is 1. The van der Waals surface area contributed by atoms with E-state index >= 15 is 0 Å². The van der Waals surface area contributed by atoms with Crippen LogP contribution in [0.2, 0.25) is 0 Å². The molecule has 0 atom stereocenters. The number of para-hydroxylation sites is 2. The number of hydrogen-bond donors (Lipinski definition) is 1. The molecule has 0 saturated carbocycles. The molecule has 2 aromatic rings. The van der Waals surface area contributed by atoms with E-state index in [4.69, 9.17) is 10.5 Å². The van der Waals surface area contributed by atoms with Crippen LogP contribution in [0.15, 0.2) is 30.5 Å². The molecule has 108 valence electrons. The number of urea groups is 1. The third-order valence-corrected chi connectivity index (χ3v) is 3.26. The van der Waals surface area contributed by atoms with Crippen LogP contribution in [0, 0.1) is 0 Å². The highest BCUT2D eigenvalue weighted by atomic mass is 16.5. The van der Waals surface area contributed by atoms with Gasteiger partial charge in [-0.3, -0.25) is 9.47 Å². The summed E-state index contributed by atoms with van der Waals surface area (Å²) in [6.07, 6.45) is 1.62. The number of imidazole rings is 1. The largest absolute Gasteiger partial charge is 0.461 e. The van der Waals surface area contributed by atoms with Crippen molar-refractivity contribution in [2.75, 3.05) is 11.5 Å². The number of carbonyl (C=O) groups excluding carboxylic acids is 2. The van der Waals surface area contributed by atoms with Crippen molar-refractivity contribution in [1.82, 2.24) is 9.55 Å². The maximum atomic E-state index is 11.8. The number of primary amides is 1. The number of nitrogens with two attached hydrogens (primary N) is 1. The Hall–Kier alpha value is -2.83. The molecule has 0 spiro atoms. The van der Waals surface area contributed by atoms with E-state index in [-0.39, 0.29) is 18.8 Å². The molecular weight excluding hydrogens is 272 g/mol. The SMILES string of the molecule is CCOC(=O)c1cn2c(n1)CN(C(N)=O)c1ccccc1-2. The van der Waals surface area contributed by atoms with Crippen molar-refractivity contribution in [3.05, 3.63) is 42.0 Å². The van der Waals surface area contributed by atoms with Gasteiger partial charge in [-0.15, -0.1) is 0 Å². The van der Waals surface area contributed by atoms with Gasteiger partial charge in [0, 0.05) is 6.20 Å². The first kappa shape index (κ1) is 13.2. The minimum atomic E-state index is -0.561. The molecule has 1 aromatic carbocycles. The van der Waals surface area contributed by atoms with Crippen LogP contribution >= 0.6 is 0 Å². The fraction of sp³-hybridized carbons (Fsp3) is 0.214. The number of hydrogen-bond acceptors (Lipinski definition) is 4. The van der Waals surface area contributed by atoms with Crippen molar-refractivity contribution >= 4 is 17.7 Å². The summed E-state index contributed by atoms with van der Waals surface area (Å²) in [6.45, 7) is 2.23. The monoisotopic (exact) mass is 286 g/mol. The number of benzene rings is 1. The van der Waals surface area contributed by atoms with Gasteiger partial charge in [0.2, 0.25) is 0 Å². The summed E-state index contributed by atoms with van der Waals surface area (Å²) in [6, 6.07) is 6.74. The van der Waals surface area contributed by atoms with E-state index in [1.54, 1.807) is 23.8 Å². The first-order valence-corrected chi connectivity index (χ1v) is 6.53. The minimum Gasteiger partial charge on any atom is -0.461 e. The van der Waals surface area contributed by atoms with Crippen molar-refractivity contribution < 1.29 is 14.3 Å². The quantitative estimate of drug-likeness (QED) is 0.846. The molecule has 2 amide bonds. The van der Waals surface area contributed by atoms with Crippen molar-refractivity contribution in [3.8, 4) is 5.69 Å². The Bertz CT molecular complexity index is 723. The van der Waals surface area contributed by atoms with Gasteiger partial charge in [0.25, 0.3) is 0 Å². The Labute approximate surface area is 120 Å². The predicted octanol–water partition coefficient (Wildman–Crippen LogP) is 1.45. The molecule has 0 unspecified atom stereocenters. The molecule has 2 heterocycles. The molecular formula is C14H14N4O3. The Kier molecular flexibility index (Phi) is 3.09. The average Bonchev–Trinajstić information content (AvgIpc) is 2.91. The Morgan fingerprint density at radius 2 is 2.05 bits per heavy atom. The standard InChI is InChI=1S/C14H14N4O3/c1-2-21-13(19)9-7-17-10-5-3-4-6-11(10)18(14(15)20)8-12(17)16-9/h3-7H,2,8H2,1H3,(H2,15,20). The van der Waals surface area contributed by atoms with Gasteiger partial charge in [0.1, 0.15) is 5.82 Å². The van der Waals surface area contributed by atoms with Crippen LogP contribution in [-0.4, -0.2) is 28.2 Å². The van der Waals surface area contributed by atoms with Crippen LogP contribution in [0.4, 0.5) is 10.5 Å². The molecule has 2 N–H and O–H groups in total. The lowest BCUT2D eigenvalue weighted by Gasteiger charge is -2.28. The van der Waals surface area contributed by atoms with E-state index in [2.05, 4.69) is 4.98 Å². The lowest BCUT2D eigenvalue weighted by Crippen LogP contribution is -2.38. The molecule has 0 bridgehead atoms. The third-order valence-electron chi connectivity index (χ3n) is 3.26. The summed E-state index contributed by atoms with van der Waals surface area (Å²) in [4.78, 5) is 29.0. The van der Waals surface area contributed by atoms with Crippen LogP contribution < -0.4 is 10.6 Å². The van der Waals surface area contributed by atoms with E-state index in [1.165, 1.54) is 4.90 Å². The summed E-state index contributed by atoms with van der Waals surface area (Å²) >= 11 is 0. The maximum Gasteiger partial charge on any atom is 0.358 e. The van der Waals surface area contributed by atoms with Crippen molar-refractivity contribution in [2.24, 2.45) is 5.73 Å². The van der Waals surface area contributed by atoms with E-state index in [9.17, 15) is 9.59 Å². The Balaban J connectivity index is 2.10. The average molecular weight is 286 g/mol. The fourth-order valence-electron chi connectivity index (χ4n) is 2.36. The molecule has 0 saturated heterocycles. The topological polar surface area (TPSA) is 90.5 Å². The number of rotatable bonds is 2. The lowest BCUT2D eigenvalue weighted by atomic mass is 10.2. The van der Waals surface area contributed by atoms with Gasteiger partial charge in [-0.2, -0.15) is 0 Å². The third kappa shape index (κ3) is 2.12. The van der Waals surface area contributed by atoms with Gasteiger partial charge in [0.05, 0.1) is 24.5 Å². The summed E-state index contributed by atoms with van der Waals surface area (Å²) < 4.78 is 6.73. The normalized spacial score (nSPS) is 12.5. The molecule has 1 aromatic heterocycles. The fourth-order valence-corrected chi connectivity index (χ4v) is 2.36. The highest BCUT2D eigenvalue weighted by molar-refractivity contribution is 5.94. The van der Waals surface area contributed by atoms with E-state index in [0.717, 1.165) is 5.69 Å². The highest BCUT2D eigenvalue weighted by Crippen LogP contribution is 2.31. The Morgan fingerprint density at radius 3 is 2.71 bits per heavy atom. The molecule has 7 nitrogen and oxygen atoms in total. The lowest BCUT2D eigenvalue weighted by molar-refractivity contribution is 0.0520. The molecule has 1 aliphatic heterocycles. The van der Waals surface area contributed by atoms with Crippen molar-refractivity contribution in [2.45, 2.75) is 13.5 Å². The van der Waals surface area contributed by atoms with Gasteiger partial charge in [-0.05, 0) is 19.1 Å². The molecule has 0 aliphatic carbocycles. The van der Waals surface area contributed by atoms with Gasteiger partial charge in [-0.25, -0.2) is 14.6 Å². The molecule has 3 rings (SSSR count). The number of carbonyl (C=O) groups is 2. The number of aromatic nitrogens is 2. The first-order chi connectivity index (χ1) is 10.1.